The molecule has 0 aromatic carbocycles. The quantitative estimate of drug-likeness (QED) is 0.555. The first kappa shape index (κ1) is 11.8. The number of nitrogens with two attached hydrogens (primary N) is 1. The largest absolute Gasteiger partial charge is 0.307 e. The highest BCUT2D eigenvalue weighted by atomic mass is 32.2. The summed E-state index contributed by atoms with van der Waals surface area (Å²) in [5, 5.41) is 1.96. The Morgan fingerprint density at radius 1 is 1.29 bits per heavy atom. The maximum absolute atomic E-state index is 12.0. The molecule has 90 valence electrons. The van der Waals surface area contributed by atoms with Crippen molar-refractivity contribution >= 4 is 32.3 Å². The maximum atomic E-state index is 12.0. The van der Waals surface area contributed by atoms with Gasteiger partial charge in [0.15, 0.2) is 10.9 Å². The predicted octanol–water partition coefficient (Wildman–Crippen LogP) is 0.624. The van der Waals surface area contributed by atoms with E-state index >= 15 is 0 Å². The average Bonchev–Trinajstić information content (AvgIpc) is 2.81. The summed E-state index contributed by atoms with van der Waals surface area (Å²) in [6, 6.07) is 2.91. The van der Waals surface area contributed by atoms with Crippen molar-refractivity contribution in [3.05, 3.63) is 29.9 Å². The lowest BCUT2D eigenvalue weighted by Crippen LogP contribution is -2.18. The second kappa shape index (κ2) is 4.65. The standard InChI is InChI=1S/C8H9N5O2S2/c9-12-7-6(2-1-3-10-7)17(14,15)13-8-11-4-5-16-8/h1-5H,9H2,(H,10,12)(H,11,13). The lowest BCUT2D eigenvalue weighted by Gasteiger charge is -2.08. The number of hydrogen-bond acceptors (Lipinski definition) is 7. The number of nitrogens with zero attached hydrogens (tertiary/aromatic N) is 2. The topological polar surface area (TPSA) is 110 Å². The number of hydrazine groups is 1. The van der Waals surface area contributed by atoms with Gasteiger partial charge in [0.25, 0.3) is 10.0 Å². The van der Waals surface area contributed by atoms with E-state index in [0.29, 0.717) is 0 Å². The van der Waals surface area contributed by atoms with Crippen molar-refractivity contribution in [2.24, 2.45) is 5.84 Å². The second-order valence-corrected chi connectivity index (χ2v) is 5.48. The monoisotopic (exact) mass is 271 g/mol. The van der Waals surface area contributed by atoms with Gasteiger partial charge in [-0.15, -0.1) is 11.3 Å². The van der Waals surface area contributed by atoms with E-state index in [2.05, 4.69) is 20.1 Å². The van der Waals surface area contributed by atoms with Gasteiger partial charge in [-0.3, -0.25) is 4.72 Å². The molecule has 2 rings (SSSR count). The van der Waals surface area contributed by atoms with Crippen molar-refractivity contribution in [1.29, 1.82) is 0 Å². The lowest BCUT2D eigenvalue weighted by molar-refractivity contribution is 0.601. The Balaban J connectivity index is 2.38. The van der Waals surface area contributed by atoms with Gasteiger partial charge in [0.05, 0.1) is 0 Å². The van der Waals surface area contributed by atoms with Gasteiger partial charge in [0, 0.05) is 17.8 Å². The molecule has 2 aromatic rings. The number of anilines is 2. The minimum Gasteiger partial charge on any atom is -0.307 e. The Hall–Kier alpha value is -1.71. The second-order valence-electron chi connectivity index (χ2n) is 2.94. The van der Waals surface area contributed by atoms with Crippen LogP contribution in [-0.2, 0) is 10.0 Å². The first-order valence-electron chi connectivity index (χ1n) is 4.47. The van der Waals surface area contributed by atoms with E-state index in [1.807, 2.05) is 0 Å². The summed E-state index contributed by atoms with van der Waals surface area (Å²) >= 11 is 1.18. The molecule has 9 heteroatoms. The van der Waals surface area contributed by atoms with Crippen LogP contribution in [0.5, 0.6) is 0 Å². The van der Waals surface area contributed by atoms with Gasteiger partial charge in [-0.2, -0.15) is 0 Å². The minimum absolute atomic E-state index is 0.0299. The molecule has 0 amide bonds. The molecule has 4 N–H and O–H groups in total. The zero-order valence-electron chi connectivity index (χ0n) is 8.49. The highest BCUT2D eigenvalue weighted by Gasteiger charge is 2.19. The SMILES string of the molecule is NNc1ncccc1S(=O)(=O)Nc1nccs1. The van der Waals surface area contributed by atoms with E-state index in [0.717, 1.165) is 0 Å². The minimum atomic E-state index is -3.73. The highest BCUT2D eigenvalue weighted by Crippen LogP contribution is 2.21. The Bertz CT molecular complexity index is 596. The molecule has 0 atom stereocenters. The molecule has 0 radical (unpaired) electrons. The molecular weight excluding hydrogens is 262 g/mol. The third kappa shape index (κ3) is 2.52. The van der Waals surface area contributed by atoms with Crippen LogP contribution in [0.1, 0.15) is 0 Å². The van der Waals surface area contributed by atoms with Crippen LogP contribution in [0.2, 0.25) is 0 Å². The first-order chi connectivity index (χ1) is 8.13. The predicted molar refractivity (Wildman–Crippen MR) is 65.0 cm³/mol. The molecule has 17 heavy (non-hydrogen) atoms. The van der Waals surface area contributed by atoms with Crippen molar-refractivity contribution in [3.63, 3.8) is 0 Å². The number of hydrogen-bond donors (Lipinski definition) is 3. The van der Waals surface area contributed by atoms with Gasteiger partial charge in [-0.1, -0.05) is 0 Å². The number of nitrogens with one attached hydrogen (secondary N) is 2. The van der Waals surface area contributed by atoms with Gasteiger partial charge in [0.2, 0.25) is 0 Å². The van der Waals surface area contributed by atoms with Gasteiger partial charge in [-0.05, 0) is 12.1 Å². The fourth-order valence-electron chi connectivity index (χ4n) is 1.16. The molecule has 0 aliphatic rings. The number of aromatic nitrogens is 2. The third-order valence-electron chi connectivity index (χ3n) is 1.85. The van der Waals surface area contributed by atoms with E-state index in [-0.39, 0.29) is 15.8 Å². The fourth-order valence-corrected chi connectivity index (χ4v) is 3.07. The van der Waals surface area contributed by atoms with Gasteiger partial charge < -0.3 is 5.43 Å². The summed E-state index contributed by atoms with van der Waals surface area (Å²) in [5.41, 5.74) is 2.23. The molecule has 0 saturated carbocycles. The smallest absolute Gasteiger partial charge is 0.267 e. The van der Waals surface area contributed by atoms with Crippen LogP contribution in [-0.4, -0.2) is 18.4 Å². The molecule has 0 bridgehead atoms. The zero-order valence-corrected chi connectivity index (χ0v) is 10.1. The summed E-state index contributed by atoms with van der Waals surface area (Å²) in [5.74, 6) is 5.28. The summed E-state index contributed by atoms with van der Waals surface area (Å²) in [4.78, 5) is 7.63. The Morgan fingerprint density at radius 3 is 2.76 bits per heavy atom. The van der Waals surface area contributed by atoms with E-state index < -0.39 is 10.0 Å². The normalized spacial score (nSPS) is 11.1. The molecule has 0 saturated heterocycles. The molecule has 0 aliphatic heterocycles. The molecule has 0 unspecified atom stereocenters. The van der Waals surface area contributed by atoms with Crippen LogP contribution >= 0.6 is 11.3 Å². The van der Waals surface area contributed by atoms with Crippen LogP contribution < -0.4 is 16.0 Å². The summed E-state index contributed by atoms with van der Waals surface area (Å²) < 4.78 is 26.3. The number of sulfonamides is 1. The van der Waals surface area contributed by atoms with E-state index in [9.17, 15) is 8.42 Å². The third-order valence-corrected chi connectivity index (χ3v) is 4.04. The molecular formula is C8H9N5O2S2. The molecule has 2 aromatic heterocycles. The lowest BCUT2D eigenvalue weighted by atomic mass is 10.5. The Morgan fingerprint density at radius 2 is 2.12 bits per heavy atom. The van der Waals surface area contributed by atoms with Crippen LogP contribution in [0.25, 0.3) is 0 Å². The number of nitrogen functional groups attached to an aromatic ring is 1. The van der Waals surface area contributed by atoms with Crippen LogP contribution in [0.15, 0.2) is 34.8 Å². The van der Waals surface area contributed by atoms with E-state index in [1.54, 1.807) is 5.38 Å². The van der Waals surface area contributed by atoms with Gasteiger partial charge in [0.1, 0.15) is 4.90 Å². The average molecular weight is 271 g/mol. The number of pyridine rings is 1. The molecule has 0 aliphatic carbocycles. The van der Waals surface area contributed by atoms with Crippen molar-refractivity contribution in [3.8, 4) is 0 Å². The number of thiazole rings is 1. The fraction of sp³-hybridized carbons (Fsp3) is 0. The summed E-state index contributed by atoms with van der Waals surface area (Å²) in [7, 11) is -3.73. The van der Waals surface area contributed by atoms with Crippen molar-refractivity contribution in [2.75, 3.05) is 10.1 Å². The zero-order chi connectivity index (χ0) is 12.3. The van der Waals surface area contributed by atoms with E-state index in [4.69, 9.17) is 5.84 Å². The highest BCUT2D eigenvalue weighted by molar-refractivity contribution is 7.93. The van der Waals surface area contributed by atoms with E-state index in [1.165, 1.54) is 35.9 Å². The van der Waals surface area contributed by atoms with Crippen molar-refractivity contribution in [1.82, 2.24) is 9.97 Å². The Labute approximate surface area is 102 Å². The summed E-state index contributed by atoms with van der Waals surface area (Å²) in [6.45, 7) is 0. The van der Waals surface area contributed by atoms with Crippen molar-refractivity contribution < 1.29 is 8.42 Å². The molecule has 0 fully saturated rings. The molecule has 2 heterocycles. The summed E-state index contributed by atoms with van der Waals surface area (Å²) in [6.07, 6.45) is 2.95. The molecule has 7 nitrogen and oxygen atoms in total. The molecule has 0 spiro atoms. The first-order valence-corrected chi connectivity index (χ1v) is 6.84. The maximum Gasteiger partial charge on any atom is 0.267 e. The van der Waals surface area contributed by atoms with Gasteiger partial charge in [-0.25, -0.2) is 24.2 Å². The van der Waals surface area contributed by atoms with Crippen LogP contribution in [0.3, 0.4) is 0 Å². The van der Waals surface area contributed by atoms with Crippen LogP contribution in [0, 0.1) is 0 Å². The number of rotatable bonds is 4. The Kier molecular flexibility index (Phi) is 3.22. The van der Waals surface area contributed by atoms with Crippen molar-refractivity contribution in [2.45, 2.75) is 4.90 Å². The van der Waals surface area contributed by atoms with Gasteiger partial charge >= 0.3 is 0 Å². The van der Waals surface area contributed by atoms with Crippen LogP contribution in [0.4, 0.5) is 10.9 Å².